The highest BCUT2D eigenvalue weighted by molar-refractivity contribution is 5.29. The van der Waals surface area contributed by atoms with Crippen molar-refractivity contribution in [1.82, 2.24) is 4.90 Å². The van der Waals surface area contributed by atoms with Crippen LogP contribution >= 0.6 is 0 Å². The van der Waals surface area contributed by atoms with Crippen molar-refractivity contribution >= 4 is 0 Å². The van der Waals surface area contributed by atoms with Crippen molar-refractivity contribution in [1.29, 1.82) is 0 Å². The van der Waals surface area contributed by atoms with Crippen LogP contribution in [0, 0.1) is 5.92 Å². The van der Waals surface area contributed by atoms with Gasteiger partial charge in [-0.2, -0.15) is 0 Å². The van der Waals surface area contributed by atoms with Crippen molar-refractivity contribution in [3.05, 3.63) is 35.4 Å². The topological polar surface area (TPSA) is 29.3 Å². The molecule has 1 atom stereocenters. The van der Waals surface area contributed by atoms with Gasteiger partial charge >= 0.3 is 0 Å². The van der Waals surface area contributed by atoms with Gasteiger partial charge in [-0.15, -0.1) is 0 Å². The standard InChI is InChI=1S/C15H24N2/c1-12(2)9-15(16)11-17-8-7-13-5-3-4-6-14(13)10-17/h3-6,12,15H,7-11,16H2,1-2H3/t15-/m1/s1. The average molecular weight is 232 g/mol. The van der Waals surface area contributed by atoms with Crippen LogP contribution in [-0.4, -0.2) is 24.0 Å². The van der Waals surface area contributed by atoms with E-state index >= 15 is 0 Å². The summed E-state index contributed by atoms with van der Waals surface area (Å²) in [6, 6.07) is 9.09. The normalized spacial score (nSPS) is 18.1. The zero-order valence-electron chi connectivity index (χ0n) is 11.0. The molecule has 17 heavy (non-hydrogen) atoms. The van der Waals surface area contributed by atoms with Crippen LogP contribution in [-0.2, 0) is 13.0 Å². The molecule has 2 nitrogen and oxygen atoms in total. The maximum Gasteiger partial charge on any atom is 0.0237 e. The lowest BCUT2D eigenvalue weighted by Crippen LogP contribution is -2.40. The monoisotopic (exact) mass is 232 g/mol. The molecule has 1 aliphatic rings. The Bertz CT molecular complexity index is 360. The van der Waals surface area contributed by atoms with Crippen LogP contribution in [0.2, 0.25) is 0 Å². The largest absolute Gasteiger partial charge is 0.327 e. The van der Waals surface area contributed by atoms with Crippen LogP contribution < -0.4 is 5.73 Å². The quantitative estimate of drug-likeness (QED) is 0.864. The van der Waals surface area contributed by atoms with Crippen molar-refractivity contribution in [2.45, 2.75) is 39.3 Å². The molecule has 0 radical (unpaired) electrons. The maximum absolute atomic E-state index is 6.18. The molecular weight excluding hydrogens is 208 g/mol. The highest BCUT2D eigenvalue weighted by Crippen LogP contribution is 2.18. The second kappa shape index (κ2) is 5.65. The highest BCUT2D eigenvalue weighted by atomic mass is 15.1. The molecule has 2 heteroatoms. The summed E-state index contributed by atoms with van der Waals surface area (Å²) in [5, 5.41) is 0. The van der Waals surface area contributed by atoms with E-state index in [-0.39, 0.29) is 0 Å². The fourth-order valence-corrected chi connectivity index (χ4v) is 2.72. The van der Waals surface area contributed by atoms with Gasteiger partial charge in [-0.05, 0) is 29.9 Å². The van der Waals surface area contributed by atoms with E-state index in [2.05, 4.69) is 43.0 Å². The van der Waals surface area contributed by atoms with Crippen LogP contribution in [0.3, 0.4) is 0 Å². The van der Waals surface area contributed by atoms with Gasteiger partial charge in [0.25, 0.3) is 0 Å². The molecule has 0 aliphatic carbocycles. The molecule has 1 aliphatic heterocycles. The van der Waals surface area contributed by atoms with Crippen LogP contribution in [0.4, 0.5) is 0 Å². The molecule has 0 saturated carbocycles. The van der Waals surface area contributed by atoms with Gasteiger partial charge in [0.1, 0.15) is 0 Å². The third-order valence-corrected chi connectivity index (χ3v) is 3.48. The molecule has 0 bridgehead atoms. The molecule has 0 spiro atoms. The summed E-state index contributed by atoms with van der Waals surface area (Å²) < 4.78 is 0. The van der Waals surface area contributed by atoms with Gasteiger partial charge in [0.05, 0.1) is 0 Å². The van der Waals surface area contributed by atoms with Crippen molar-refractivity contribution < 1.29 is 0 Å². The predicted molar refractivity (Wildman–Crippen MR) is 72.9 cm³/mol. The first-order valence-electron chi connectivity index (χ1n) is 6.70. The van der Waals surface area contributed by atoms with Crippen LogP contribution in [0.15, 0.2) is 24.3 Å². The molecular formula is C15H24N2. The van der Waals surface area contributed by atoms with Gasteiger partial charge in [-0.3, -0.25) is 4.90 Å². The second-order valence-corrected chi connectivity index (χ2v) is 5.64. The molecule has 94 valence electrons. The Morgan fingerprint density at radius 1 is 1.24 bits per heavy atom. The summed E-state index contributed by atoms with van der Waals surface area (Å²) in [6.07, 6.45) is 2.29. The third kappa shape index (κ3) is 3.55. The summed E-state index contributed by atoms with van der Waals surface area (Å²) >= 11 is 0. The van der Waals surface area contributed by atoms with E-state index in [0.717, 1.165) is 26.1 Å². The zero-order chi connectivity index (χ0) is 12.3. The van der Waals surface area contributed by atoms with Gasteiger partial charge in [-0.1, -0.05) is 38.1 Å². The predicted octanol–water partition coefficient (Wildman–Crippen LogP) is 2.42. The number of hydrogen-bond donors (Lipinski definition) is 1. The first kappa shape index (κ1) is 12.6. The van der Waals surface area contributed by atoms with E-state index in [9.17, 15) is 0 Å². The van der Waals surface area contributed by atoms with Gasteiger partial charge in [0.2, 0.25) is 0 Å². The van der Waals surface area contributed by atoms with E-state index in [1.807, 2.05) is 0 Å². The number of nitrogens with two attached hydrogens (primary N) is 1. The summed E-state index contributed by atoms with van der Waals surface area (Å²) in [4.78, 5) is 2.50. The van der Waals surface area contributed by atoms with E-state index < -0.39 is 0 Å². The lowest BCUT2D eigenvalue weighted by molar-refractivity contribution is 0.229. The van der Waals surface area contributed by atoms with E-state index in [1.165, 1.54) is 17.5 Å². The first-order valence-corrected chi connectivity index (χ1v) is 6.70. The van der Waals surface area contributed by atoms with Crippen LogP contribution in [0.5, 0.6) is 0 Å². The molecule has 0 unspecified atom stereocenters. The summed E-state index contributed by atoms with van der Waals surface area (Å²) in [6.45, 7) is 7.74. The average Bonchev–Trinajstić information content (AvgIpc) is 2.27. The first-order chi connectivity index (χ1) is 8.15. The number of hydrogen-bond acceptors (Lipinski definition) is 2. The number of benzene rings is 1. The molecule has 0 amide bonds. The Morgan fingerprint density at radius 3 is 2.65 bits per heavy atom. The zero-order valence-corrected chi connectivity index (χ0v) is 11.0. The Labute approximate surface area is 105 Å². The highest BCUT2D eigenvalue weighted by Gasteiger charge is 2.17. The van der Waals surface area contributed by atoms with Crippen molar-refractivity contribution in [2.24, 2.45) is 11.7 Å². The Balaban J connectivity index is 1.90. The van der Waals surface area contributed by atoms with E-state index in [4.69, 9.17) is 5.73 Å². The SMILES string of the molecule is CC(C)C[C@@H](N)CN1CCc2ccccc2C1. The van der Waals surface area contributed by atoms with Crippen molar-refractivity contribution in [3.63, 3.8) is 0 Å². The molecule has 1 heterocycles. The lowest BCUT2D eigenvalue weighted by Gasteiger charge is -2.31. The molecule has 0 saturated heterocycles. The summed E-state index contributed by atoms with van der Waals surface area (Å²) in [7, 11) is 0. The molecule has 0 fully saturated rings. The minimum atomic E-state index is 0.320. The van der Waals surface area contributed by atoms with Gasteiger partial charge in [0, 0.05) is 25.7 Å². The third-order valence-electron chi connectivity index (χ3n) is 3.48. The number of rotatable bonds is 4. The summed E-state index contributed by atoms with van der Waals surface area (Å²) in [5.41, 5.74) is 9.18. The smallest absolute Gasteiger partial charge is 0.0237 e. The van der Waals surface area contributed by atoms with E-state index in [1.54, 1.807) is 0 Å². The summed E-state index contributed by atoms with van der Waals surface area (Å²) in [5.74, 6) is 0.696. The molecule has 2 N–H and O–H groups in total. The van der Waals surface area contributed by atoms with Gasteiger partial charge in [-0.25, -0.2) is 0 Å². The fourth-order valence-electron chi connectivity index (χ4n) is 2.72. The fraction of sp³-hybridized carbons (Fsp3) is 0.600. The second-order valence-electron chi connectivity index (χ2n) is 5.64. The molecule has 1 aromatic carbocycles. The minimum Gasteiger partial charge on any atom is -0.327 e. The Morgan fingerprint density at radius 2 is 1.94 bits per heavy atom. The Kier molecular flexibility index (Phi) is 4.19. The molecule has 1 aromatic rings. The van der Waals surface area contributed by atoms with Gasteiger partial charge < -0.3 is 5.73 Å². The minimum absolute atomic E-state index is 0.320. The van der Waals surface area contributed by atoms with Crippen LogP contribution in [0.1, 0.15) is 31.4 Å². The van der Waals surface area contributed by atoms with E-state index in [0.29, 0.717) is 12.0 Å². The maximum atomic E-state index is 6.18. The number of fused-ring (bicyclic) bond motifs is 1. The lowest BCUT2D eigenvalue weighted by atomic mass is 9.98. The van der Waals surface area contributed by atoms with Crippen molar-refractivity contribution in [2.75, 3.05) is 13.1 Å². The Hall–Kier alpha value is -0.860. The van der Waals surface area contributed by atoms with Crippen LogP contribution in [0.25, 0.3) is 0 Å². The van der Waals surface area contributed by atoms with Gasteiger partial charge in [0.15, 0.2) is 0 Å². The number of nitrogens with zero attached hydrogens (tertiary/aromatic N) is 1. The van der Waals surface area contributed by atoms with Crippen molar-refractivity contribution in [3.8, 4) is 0 Å². The molecule has 2 rings (SSSR count). The molecule has 0 aromatic heterocycles.